The van der Waals surface area contributed by atoms with Gasteiger partial charge in [-0.2, -0.15) is 0 Å². The van der Waals surface area contributed by atoms with Crippen LogP contribution in [0.2, 0.25) is 0 Å². The topological polar surface area (TPSA) is 95.9 Å². The summed E-state index contributed by atoms with van der Waals surface area (Å²) in [7, 11) is 0. The van der Waals surface area contributed by atoms with Crippen molar-refractivity contribution in [3.8, 4) is 0 Å². The maximum absolute atomic E-state index is 12.5. The molecule has 6 heteroatoms. The Morgan fingerprint density at radius 1 is 0.365 bits per heavy atom. The van der Waals surface area contributed by atoms with Crippen molar-refractivity contribution < 1.29 is 24.5 Å². The Labute approximate surface area is 462 Å². The number of hydrogen-bond acceptors (Lipinski definition) is 5. The van der Waals surface area contributed by atoms with E-state index in [0.717, 1.165) is 44.9 Å². The number of carbonyl (C=O) groups is 2. The van der Waals surface area contributed by atoms with E-state index < -0.39 is 12.1 Å². The smallest absolute Gasteiger partial charge is 0.305 e. The predicted molar refractivity (Wildman–Crippen MR) is 324 cm³/mol. The highest BCUT2D eigenvalue weighted by molar-refractivity contribution is 5.76. The summed E-state index contributed by atoms with van der Waals surface area (Å²) in [4.78, 5) is 24.5. The molecule has 2 unspecified atom stereocenters. The van der Waals surface area contributed by atoms with Gasteiger partial charge in [0.25, 0.3) is 0 Å². The van der Waals surface area contributed by atoms with Gasteiger partial charge in [-0.3, -0.25) is 9.59 Å². The first-order chi connectivity index (χ1) is 36.5. The molecule has 74 heavy (non-hydrogen) atoms. The maximum Gasteiger partial charge on any atom is 0.305 e. The third kappa shape index (κ3) is 59.6. The fourth-order valence-electron chi connectivity index (χ4n) is 10.6. The summed E-state index contributed by atoms with van der Waals surface area (Å²) < 4.78 is 5.48. The predicted octanol–water partition coefficient (Wildman–Crippen LogP) is 21.4. The average Bonchev–Trinajstić information content (AvgIpc) is 3.40. The number of ether oxygens (including phenoxy) is 1. The van der Waals surface area contributed by atoms with Crippen molar-refractivity contribution in [1.29, 1.82) is 0 Å². The van der Waals surface area contributed by atoms with Gasteiger partial charge in [0.2, 0.25) is 5.91 Å². The van der Waals surface area contributed by atoms with Crippen LogP contribution in [0.5, 0.6) is 0 Å². The molecule has 438 valence electrons. The van der Waals surface area contributed by atoms with Gasteiger partial charge in [0.1, 0.15) is 0 Å². The Morgan fingerprint density at radius 3 is 0.973 bits per heavy atom. The van der Waals surface area contributed by atoms with Crippen molar-refractivity contribution in [1.82, 2.24) is 5.32 Å². The van der Waals surface area contributed by atoms with Crippen molar-refractivity contribution in [2.24, 2.45) is 0 Å². The second-order valence-corrected chi connectivity index (χ2v) is 23.1. The monoisotopic (exact) mass is 1040 g/mol. The molecule has 0 aliphatic carbocycles. The zero-order valence-corrected chi connectivity index (χ0v) is 50.1. The minimum atomic E-state index is -0.661. The van der Waals surface area contributed by atoms with Gasteiger partial charge in [-0.05, 0) is 77.0 Å². The third-order valence-electron chi connectivity index (χ3n) is 15.7. The van der Waals surface area contributed by atoms with E-state index in [1.54, 1.807) is 0 Å². The molecule has 0 rings (SSSR count). The van der Waals surface area contributed by atoms with Crippen molar-refractivity contribution >= 4 is 11.9 Å². The van der Waals surface area contributed by atoms with Gasteiger partial charge in [-0.1, -0.05) is 308 Å². The molecule has 0 aromatic rings. The molecule has 0 saturated heterocycles. The van der Waals surface area contributed by atoms with Gasteiger partial charge in [0.15, 0.2) is 0 Å². The third-order valence-corrected chi connectivity index (χ3v) is 15.7. The normalized spacial score (nSPS) is 12.6. The van der Waals surface area contributed by atoms with E-state index in [2.05, 4.69) is 43.5 Å². The van der Waals surface area contributed by atoms with Crippen molar-refractivity contribution in [3.63, 3.8) is 0 Å². The summed E-state index contributed by atoms with van der Waals surface area (Å²) >= 11 is 0. The van der Waals surface area contributed by atoms with Crippen LogP contribution in [0.1, 0.15) is 373 Å². The number of nitrogens with one attached hydrogen (secondary N) is 1. The number of hydrogen-bond donors (Lipinski definition) is 3. The molecule has 0 heterocycles. The number of aliphatic hydroxyl groups excluding tert-OH is 2. The highest BCUT2D eigenvalue weighted by Gasteiger charge is 2.20. The minimum Gasteiger partial charge on any atom is -0.466 e. The van der Waals surface area contributed by atoms with Crippen LogP contribution in [0.4, 0.5) is 0 Å². The first-order valence-corrected chi connectivity index (χ1v) is 33.6. The van der Waals surface area contributed by atoms with Crippen molar-refractivity contribution in [2.75, 3.05) is 13.2 Å². The quantitative estimate of drug-likeness (QED) is 0.0320. The summed E-state index contributed by atoms with van der Waals surface area (Å²) in [5, 5.41) is 23.3. The molecule has 3 N–H and O–H groups in total. The summed E-state index contributed by atoms with van der Waals surface area (Å²) in [5.74, 6) is -0.0224. The van der Waals surface area contributed by atoms with Crippen molar-refractivity contribution in [2.45, 2.75) is 386 Å². The number of aliphatic hydroxyl groups is 2. The van der Waals surface area contributed by atoms with Gasteiger partial charge >= 0.3 is 5.97 Å². The number of esters is 1. The van der Waals surface area contributed by atoms with Crippen molar-refractivity contribution in [3.05, 3.63) is 24.3 Å². The van der Waals surface area contributed by atoms with Crippen LogP contribution in [0.25, 0.3) is 0 Å². The molecular weight excluding hydrogens is 911 g/mol. The Balaban J connectivity index is 3.35. The number of unbranched alkanes of at least 4 members (excludes halogenated alkanes) is 48. The second kappa shape index (κ2) is 63.9. The molecule has 0 saturated carbocycles. The molecule has 2 atom stereocenters. The van der Waals surface area contributed by atoms with E-state index in [9.17, 15) is 19.8 Å². The van der Waals surface area contributed by atoms with E-state index in [1.165, 1.54) is 295 Å². The van der Waals surface area contributed by atoms with E-state index in [1.807, 2.05) is 0 Å². The Bertz CT molecular complexity index is 1150. The summed E-state index contributed by atoms with van der Waals surface area (Å²) in [6.07, 6.45) is 79.3. The van der Waals surface area contributed by atoms with Crippen LogP contribution in [0.3, 0.4) is 0 Å². The highest BCUT2D eigenvalue weighted by Crippen LogP contribution is 2.18. The van der Waals surface area contributed by atoms with Crippen LogP contribution in [-0.4, -0.2) is 47.4 Å². The lowest BCUT2D eigenvalue weighted by atomic mass is 10.0. The van der Waals surface area contributed by atoms with Gasteiger partial charge in [-0.15, -0.1) is 0 Å². The lowest BCUT2D eigenvalue weighted by Crippen LogP contribution is -2.45. The highest BCUT2D eigenvalue weighted by atomic mass is 16.5. The lowest BCUT2D eigenvalue weighted by molar-refractivity contribution is -0.143. The maximum atomic E-state index is 12.5. The van der Waals surface area contributed by atoms with E-state index in [4.69, 9.17) is 4.74 Å². The largest absolute Gasteiger partial charge is 0.466 e. The number of rotatable bonds is 63. The van der Waals surface area contributed by atoms with E-state index >= 15 is 0 Å². The molecule has 0 aliphatic rings. The fraction of sp³-hybridized carbons (Fsp3) is 0.912. The zero-order valence-electron chi connectivity index (χ0n) is 50.1. The van der Waals surface area contributed by atoms with Gasteiger partial charge in [-0.25, -0.2) is 0 Å². The molecule has 0 aromatic heterocycles. The minimum absolute atomic E-state index is 0.00875. The molecule has 0 spiro atoms. The molecule has 0 bridgehead atoms. The average molecular weight is 1040 g/mol. The Morgan fingerprint density at radius 2 is 0.635 bits per heavy atom. The SMILES string of the molecule is CCCCCC/C=C\CCCCCCCC(=O)OCCCCCCCCCCCCCC/C=C\CCCCCCCCCCCCCCCCCC(=O)NC(CO)C(O)CCCCCCCCCCCCCCC. The number of carbonyl (C=O) groups excluding carboxylic acids is 2. The first-order valence-electron chi connectivity index (χ1n) is 33.6. The van der Waals surface area contributed by atoms with Crippen LogP contribution in [0.15, 0.2) is 24.3 Å². The Kier molecular flexibility index (Phi) is 62.4. The Hall–Kier alpha value is -1.66. The zero-order chi connectivity index (χ0) is 53.6. The van der Waals surface area contributed by atoms with Gasteiger partial charge in [0.05, 0.1) is 25.4 Å². The fourth-order valence-corrected chi connectivity index (χ4v) is 10.6. The summed E-state index contributed by atoms with van der Waals surface area (Å²) in [6, 6.07) is -0.539. The molecule has 0 aliphatic heterocycles. The molecule has 0 radical (unpaired) electrons. The van der Waals surface area contributed by atoms with E-state index in [-0.39, 0.29) is 18.5 Å². The summed E-state index contributed by atoms with van der Waals surface area (Å²) in [6.45, 7) is 4.96. The van der Waals surface area contributed by atoms with Gasteiger partial charge in [0, 0.05) is 12.8 Å². The number of amides is 1. The van der Waals surface area contributed by atoms with Crippen LogP contribution < -0.4 is 5.32 Å². The van der Waals surface area contributed by atoms with E-state index in [0.29, 0.717) is 25.9 Å². The van der Waals surface area contributed by atoms with Crippen LogP contribution >= 0.6 is 0 Å². The summed E-state index contributed by atoms with van der Waals surface area (Å²) in [5.41, 5.74) is 0. The standard InChI is InChI=1S/C68H131NO5/c1-3-5-7-9-11-13-15-36-40-44-48-52-56-60-66(71)65(64-70)69-67(72)61-57-53-49-45-41-38-34-32-30-28-26-24-22-20-18-17-19-21-23-25-27-29-31-33-35-39-43-47-51-55-59-63-74-68(73)62-58-54-50-46-42-37-16-14-12-10-8-6-4-2/h14,16,19,21,65-66,70-71H,3-13,15,17-18,20,22-64H2,1-2H3,(H,69,72)/b16-14-,21-19-. The van der Waals surface area contributed by atoms with Crippen LogP contribution in [0, 0.1) is 0 Å². The molecular formula is C68H131NO5. The molecule has 0 fully saturated rings. The van der Waals surface area contributed by atoms with Crippen LogP contribution in [-0.2, 0) is 14.3 Å². The number of allylic oxidation sites excluding steroid dienone is 4. The lowest BCUT2D eigenvalue weighted by Gasteiger charge is -2.22. The van der Waals surface area contributed by atoms with Gasteiger partial charge < -0.3 is 20.3 Å². The second-order valence-electron chi connectivity index (χ2n) is 23.1. The first kappa shape index (κ1) is 72.3. The molecule has 0 aromatic carbocycles. The molecule has 6 nitrogen and oxygen atoms in total. The molecule has 1 amide bonds.